The summed E-state index contributed by atoms with van der Waals surface area (Å²) in [6.45, 7) is 2.09. The number of nitrogens with two attached hydrogens (primary N) is 1. The fourth-order valence-electron chi connectivity index (χ4n) is 1.77. The van der Waals surface area contributed by atoms with Gasteiger partial charge in [-0.3, -0.25) is 9.48 Å². The fourth-order valence-corrected chi connectivity index (χ4v) is 1.77. The summed E-state index contributed by atoms with van der Waals surface area (Å²) in [4.78, 5) is 11.8. The molecule has 0 aliphatic heterocycles. The summed E-state index contributed by atoms with van der Waals surface area (Å²) in [5.41, 5.74) is 7.10. The highest BCUT2D eigenvalue weighted by Gasteiger charge is 2.11. The molecule has 0 saturated carbocycles. The average Bonchev–Trinajstić information content (AvgIpc) is 2.47. The topological polar surface area (TPSA) is 53.0 Å². The molecule has 0 spiro atoms. The van der Waals surface area contributed by atoms with E-state index in [0.717, 1.165) is 5.56 Å². The number of nitrogen functional groups attached to an aromatic ring is 1. The Morgan fingerprint density at radius 1 is 1.41 bits per heavy atom. The summed E-state index contributed by atoms with van der Waals surface area (Å²) < 4.78 is 16.2. The number of benzene rings is 1. The fraction of sp³-hybridized carbons (Fsp3) is 0.250. The van der Waals surface area contributed by atoms with Crippen LogP contribution < -0.4 is 11.3 Å². The van der Waals surface area contributed by atoms with Crippen molar-refractivity contribution in [3.8, 4) is 0 Å². The first-order chi connectivity index (χ1) is 8.00. The first-order valence-corrected chi connectivity index (χ1v) is 5.27. The van der Waals surface area contributed by atoms with Gasteiger partial charge in [-0.05, 0) is 24.6 Å². The van der Waals surface area contributed by atoms with Gasteiger partial charge < -0.3 is 5.73 Å². The number of hydrogen-bond donors (Lipinski definition) is 1. The molecule has 1 aromatic carbocycles. The SMILES string of the molecule is Cc1c(N)c(=O)n(Cc2cccc(F)c2)n1C. The Morgan fingerprint density at radius 2 is 2.12 bits per heavy atom. The molecule has 0 saturated heterocycles. The highest BCUT2D eigenvalue weighted by Crippen LogP contribution is 2.08. The maximum Gasteiger partial charge on any atom is 0.290 e. The van der Waals surface area contributed by atoms with E-state index in [0.29, 0.717) is 12.2 Å². The van der Waals surface area contributed by atoms with Crippen LogP contribution in [0.5, 0.6) is 0 Å². The predicted molar refractivity (Wildman–Crippen MR) is 64.3 cm³/mol. The van der Waals surface area contributed by atoms with Crippen LogP contribution >= 0.6 is 0 Å². The lowest BCUT2D eigenvalue weighted by Gasteiger charge is -2.08. The van der Waals surface area contributed by atoms with Crippen LogP contribution in [0.4, 0.5) is 10.1 Å². The highest BCUT2D eigenvalue weighted by molar-refractivity contribution is 5.40. The third kappa shape index (κ3) is 1.95. The van der Waals surface area contributed by atoms with E-state index >= 15 is 0 Å². The molecule has 1 heterocycles. The first-order valence-electron chi connectivity index (χ1n) is 5.27. The van der Waals surface area contributed by atoms with Gasteiger partial charge in [0.2, 0.25) is 0 Å². The number of rotatable bonds is 2. The summed E-state index contributed by atoms with van der Waals surface area (Å²) >= 11 is 0. The Hall–Kier alpha value is -2.04. The average molecular weight is 235 g/mol. The quantitative estimate of drug-likeness (QED) is 0.852. The Labute approximate surface area is 98.1 Å². The van der Waals surface area contributed by atoms with E-state index in [4.69, 9.17) is 5.73 Å². The van der Waals surface area contributed by atoms with E-state index in [9.17, 15) is 9.18 Å². The minimum absolute atomic E-state index is 0.240. The minimum atomic E-state index is -0.311. The molecule has 0 fully saturated rings. The molecule has 90 valence electrons. The molecule has 0 unspecified atom stereocenters. The predicted octanol–water partition coefficient (Wildman–Crippen LogP) is 1.26. The van der Waals surface area contributed by atoms with Gasteiger partial charge in [0.15, 0.2) is 0 Å². The van der Waals surface area contributed by atoms with Crippen molar-refractivity contribution in [1.29, 1.82) is 0 Å². The van der Waals surface area contributed by atoms with E-state index in [-0.39, 0.29) is 17.1 Å². The molecule has 2 N–H and O–H groups in total. The molecule has 0 aliphatic carbocycles. The van der Waals surface area contributed by atoms with Gasteiger partial charge in [-0.2, -0.15) is 0 Å². The molecule has 1 aromatic heterocycles. The largest absolute Gasteiger partial charge is 0.393 e. The van der Waals surface area contributed by atoms with Gasteiger partial charge >= 0.3 is 0 Å². The maximum absolute atomic E-state index is 13.0. The van der Waals surface area contributed by atoms with Crippen LogP contribution in [0.3, 0.4) is 0 Å². The molecule has 2 rings (SSSR count). The van der Waals surface area contributed by atoms with Crippen LogP contribution in [0.15, 0.2) is 29.1 Å². The smallest absolute Gasteiger partial charge is 0.290 e. The van der Waals surface area contributed by atoms with E-state index in [1.54, 1.807) is 30.8 Å². The molecule has 0 atom stereocenters. The van der Waals surface area contributed by atoms with Crippen LogP contribution in [0.1, 0.15) is 11.3 Å². The summed E-state index contributed by atoms with van der Waals surface area (Å²) in [6.07, 6.45) is 0. The number of hydrogen-bond acceptors (Lipinski definition) is 2. The maximum atomic E-state index is 13.0. The standard InChI is InChI=1S/C12H14FN3O/c1-8-11(14)12(17)16(15(8)2)7-9-4-3-5-10(13)6-9/h3-6H,7,14H2,1-2H3. The summed E-state index contributed by atoms with van der Waals surface area (Å²) in [7, 11) is 1.76. The third-order valence-electron chi connectivity index (χ3n) is 2.92. The molecule has 2 aromatic rings. The van der Waals surface area contributed by atoms with Gasteiger partial charge in [-0.1, -0.05) is 12.1 Å². The van der Waals surface area contributed by atoms with Gasteiger partial charge in [-0.25, -0.2) is 9.07 Å². The molecule has 0 amide bonds. The Kier molecular flexibility index (Phi) is 2.75. The second-order valence-corrected chi connectivity index (χ2v) is 4.02. The van der Waals surface area contributed by atoms with Crippen molar-refractivity contribution in [2.45, 2.75) is 13.5 Å². The molecule has 17 heavy (non-hydrogen) atoms. The summed E-state index contributed by atoms with van der Waals surface area (Å²) in [6, 6.07) is 6.17. The van der Waals surface area contributed by atoms with Crippen molar-refractivity contribution in [2.24, 2.45) is 7.05 Å². The molecule has 0 radical (unpaired) electrons. The molecular formula is C12H14FN3O. The van der Waals surface area contributed by atoms with Crippen LogP contribution in [-0.2, 0) is 13.6 Å². The van der Waals surface area contributed by atoms with E-state index in [2.05, 4.69) is 0 Å². The highest BCUT2D eigenvalue weighted by atomic mass is 19.1. The van der Waals surface area contributed by atoms with Crippen LogP contribution in [-0.4, -0.2) is 9.36 Å². The minimum Gasteiger partial charge on any atom is -0.393 e. The zero-order valence-corrected chi connectivity index (χ0v) is 9.77. The van der Waals surface area contributed by atoms with Gasteiger partial charge in [0, 0.05) is 7.05 Å². The Bertz CT molecular complexity index is 613. The second kappa shape index (κ2) is 4.08. The normalized spacial score (nSPS) is 10.8. The third-order valence-corrected chi connectivity index (χ3v) is 2.92. The lowest BCUT2D eigenvalue weighted by Crippen LogP contribution is -2.23. The van der Waals surface area contributed by atoms with Gasteiger partial charge in [-0.15, -0.1) is 0 Å². The number of nitrogens with zero attached hydrogens (tertiary/aromatic N) is 2. The van der Waals surface area contributed by atoms with E-state index in [1.165, 1.54) is 16.8 Å². The van der Waals surface area contributed by atoms with Crippen LogP contribution in [0.25, 0.3) is 0 Å². The Morgan fingerprint density at radius 3 is 2.65 bits per heavy atom. The number of aromatic nitrogens is 2. The van der Waals surface area contributed by atoms with Crippen molar-refractivity contribution >= 4 is 5.69 Å². The first kappa shape index (κ1) is 11.4. The lowest BCUT2D eigenvalue weighted by molar-refractivity contribution is 0.523. The summed E-state index contributed by atoms with van der Waals surface area (Å²) in [5, 5.41) is 0. The second-order valence-electron chi connectivity index (χ2n) is 4.02. The molecular weight excluding hydrogens is 221 g/mol. The van der Waals surface area contributed by atoms with E-state index in [1.807, 2.05) is 0 Å². The zero-order chi connectivity index (χ0) is 12.6. The van der Waals surface area contributed by atoms with Gasteiger partial charge in [0.1, 0.15) is 11.5 Å². The molecule has 4 nitrogen and oxygen atoms in total. The van der Waals surface area contributed by atoms with Gasteiger partial charge in [0.05, 0.1) is 12.2 Å². The monoisotopic (exact) mass is 235 g/mol. The van der Waals surface area contributed by atoms with Crippen molar-refractivity contribution in [1.82, 2.24) is 9.36 Å². The number of halogens is 1. The number of anilines is 1. The molecule has 0 aliphatic rings. The molecule has 5 heteroatoms. The molecule has 0 bridgehead atoms. The van der Waals surface area contributed by atoms with E-state index < -0.39 is 0 Å². The lowest BCUT2D eigenvalue weighted by atomic mass is 10.2. The van der Waals surface area contributed by atoms with Crippen LogP contribution in [0, 0.1) is 12.7 Å². The van der Waals surface area contributed by atoms with Crippen molar-refractivity contribution in [3.63, 3.8) is 0 Å². The Balaban J connectivity index is 2.44. The van der Waals surface area contributed by atoms with Crippen molar-refractivity contribution in [3.05, 3.63) is 51.7 Å². The van der Waals surface area contributed by atoms with Gasteiger partial charge in [0.25, 0.3) is 5.56 Å². The van der Waals surface area contributed by atoms with Crippen molar-refractivity contribution in [2.75, 3.05) is 5.73 Å². The van der Waals surface area contributed by atoms with Crippen molar-refractivity contribution < 1.29 is 4.39 Å². The van der Waals surface area contributed by atoms with Crippen LogP contribution in [0.2, 0.25) is 0 Å². The zero-order valence-electron chi connectivity index (χ0n) is 9.77. The summed E-state index contributed by atoms with van der Waals surface area (Å²) in [5.74, 6) is -0.311.